The molecule has 0 heterocycles. The Bertz CT molecular complexity index is 683. The van der Waals surface area contributed by atoms with Crippen molar-refractivity contribution in [2.45, 2.75) is 6.92 Å². The summed E-state index contributed by atoms with van der Waals surface area (Å²) in [5, 5.41) is 13.5. The molecule has 2 aromatic rings. The summed E-state index contributed by atoms with van der Waals surface area (Å²) < 4.78 is 0. The van der Waals surface area contributed by atoms with Gasteiger partial charge in [-0.1, -0.05) is 12.1 Å². The molecule has 0 spiro atoms. The highest BCUT2D eigenvalue weighted by atomic mass is 16.6. The SMILES string of the molecule is Cc1c(NC(=O)c2cccc(N)c2)cccc1[N+](=O)[O-]. The van der Waals surface area contributed by atoms with E-state index in [1.54, 1.807) is 37.3 Å². The van der Waals surface area contributed by atoms with E-state index >= 15 is 0 Å². The van der Waals surface area contributed by atoms with Crippen molar-refractivity contribution < 1.29 is 9.72 Å². The maximum Gasteiger partial charge on any atom is 0.274 e. The van der Waals surface area contributed by atoms with Crippen LogP contribution in [0.3, 0.4) is 0 Å². The largest absolute Gasteiger partial charge is 0.399 e. The van der Waals surface area contributed by atoms with Crippen molar-refractivity contribution in [3.8, 4) is 0 Å². The number of nitrogens with two attached hydrogens (primary N) is 1. The first-order chi connectivity index (χ1) is 9.49. The van der Waals surface area contributed by atoms with Gasteiger partial charge in [-0.2, -0.15) is 0 Å². The summed E-state index contributed by atoms with van der Waals surface area (Å²) in [5.41, 5.74) is 7.28. The van der Waals surface area contributed by atoms with Gasteiger partial charge in [0.1, 0.15) is 0 Å². The Morgan fingerprint density at radius 2 is 1.95 bits per heavy atom. The molecule has 0 aliphatic rings. The lowest BCUT2D eigenvalue weighted by atomic mass is 10.1. The molecule has 20 heavy (non-hydrogen) atoms. The molecule has 0 unspecified atom stereocenters. The van der Waals surface area contributed by atoms with Crippen molar-refractivity contribution in [1.82, 2.24) is 0 Å². The van der Waals surface area contributed by atoms with Gasteiger partial charge in [0.2, 0.25) is 0 Å². The lowest BCUT2D eigenvalue weighted by molar-refractivity contribution is -0.385. The Morgan fingerprint density at radius 3 is 2.60 bits per heavy atom. The van der Waals surface area contributed by atoms with Crippen LogP contribution in [0.5, 0.6) is 0 Å². The number of nitro groups is 1. The van der Waals surface area contributed by atoms with E-state index in [2.05, 4.69) is 5.32 Å². The van der Waals surface area contributed by atoms with Crippen LogP contribution in [0.15, 0.2) is 42.5 Å². The first-order valence-corrected chi connectivity index (χ1v) is 5.90. The molecular weight excluding hydrogens is 258 g/mol. The lowest BCUT2D eigenvalue weighted by Crippen LogP contribution is -2.13. The van der Waals surface area contributed by atoms with Gasteiger partial charge < -0.3 is 11.1 Å². The minimum absolute atomic E-state index is 0.0321. The highest BCUT2D eigenvalue weighted by molar-refractivity contribution is 6.05. The van der Waals surface area contributed by atoms with Crippen molar-refractivity contribution in [2.24, 2.45) is 0 Å². The van der Waals surface area contributed by atoms with E-state index in [1.807, 2.05) is 0 Å². The van der Waals surface area contributed by atoms with Gasteiger partial charge in [-0.25, -0.2) is 0 Å². The van der Waals surface area contributed by atoms with Crippen LogP contribution in [0, 0.1) is 17.0 Å². The highest BCUT2D eigenvalue weighted by Crippen LogP contribution is 2.25. The zero-order chi connectivity index (χ0) is 14.7. The minimum Gasteiger partial charge on any atom is -0.399 e. The second-order valence-electron chi connectivity index (χ2n) is 4.29. The van der Waals surface area contributed by atoms with Gasteiger partial charge >= 0.3 is 0 Å². The Labute approximate surface area is 115 Å². The van der Waals surface area contributed by atoms with Gasteiger partial charge in [0, 0.05) is 17.3 Å². The number of hydrogen-bond acceptors (Lipinski definition) is 4. The zero-order valence-electron chi connectivity index (χ0n) is 10.8. The molecule has 0 fully saturated rings. The summed E-state index contributed by atoms with van der Waals surface area (Å²) in [5.74, 6) is -0.360. The fraction of sp³-hybridized carbons (Fsp3) is 0.0714. The van der Waals surface area contributed by atoms with Gasteiger partial charge in [0.05, 0.1) is 16.2 Å². The second kappa shape index (κ2) is 5.40. The molecule has 3 N–H and O–H groups in total. The summed E-state index contributed by atoms with van der Waals surface area (Å²) in [6, 6.07) is 11.1. The molecular formula is C14H13N3O3. The van der Waals surface area contributed by atoms with Crippen LogP contribution in [-0.4, -0.2) is 10.8 Å². The van der Waals surface area contributed by atoms with Crippen LogP contribution < -0.4 is 11.1 Å². The fourth-order valence-corrected chi connectivity index (χ4v) is 1.83. The van der Waals surface area contributed by atoms with E-state index in [4.69, 9.17) is 5.73 Å². The predicted molar refractivity (Wildman–Crippen MR) is 76.6 cm³/mol. The Kier molecular flexibility index (Phi) is 3.65. The molecule has 0 aromatic heterocycles. The quantitative estimate of drug-likeness (QED) is 0.509. The number of amides is 1. The molecule has 2 rings (SSSR count). The first-order valence-electron chi connectivity index (χ1n) is 5.90. The smallest absolute Gasteiger partial charge is 0.274 e. The summed E-state index contributed by atoms with van der Waals surface area (Å²) >= 11 is 0. The number of nitro benzene ring substituents is 1. The number of rotatable bonds is 3. The van der Waals surface area contributed by atoms with Gasteiger partial charge in [0.15, 0.2) is 0 Å². The molecule has 1 amide bonds. The normalized spacial score (nSPS) is 10.1. The predicted octanol–water partition coefficient (Wildman–Crippen LogP) is 2.74. The summed E-state index contributed by atoms with van der Waals surface area (Å²) in [6.07, 6.45) is 0. The lowest BCUT2D eigenvalue weighted by Gasteiger charge is -2.08. The van der Waals surface area contributed by atoms with Crippen molar-refractivity contribution in [2.75, 3.05) is 11.1 Å². The number of carbonyl (C=O) groups is 1. The molecule has 0 aliphatic heterocycles. The topological polar surface area (TPSA) is 98.3 Å². The van der Waals surface area contributed by atoms with E-state index in [0.717, 1.165) is 0 Å². The van der Waals surface area contributed by atoms with Crippen LogP contribution >= 0.6 is 0 Å². The molecule has 6 nitrogen and oxygen atoms in total. The van der Waals surface area contributed by atoms with Crippen molar-refractivity contribution in [3.63, 3.8) is 0 Å². The van der Waals surface area contributed by atoms with Gasteiger partial charge in [-0.3, -0.25) is 14.9 Å². The Hall–Kier alpha value is -2.89. The van der Waals surface area contributed by atoms with Crippen LogP contribution in [0.2, 0.25) is 0 Å². The Balaban J connectivity index is 2.29. The molecule has 0 bridgehead atoms. The molecule has 102 valence electrons. The molecule has 0 atom stereocenters. The number of carbonyl (C=O) groups excluding carboxylic acids is 1. The molecule has 0 radical (unpaired) electrons. The average molecular weight is 271 g/mol. The summed E-state index contributed by atoms with van der Waals surface area (Å²) in [4.78, 5) is 22.4. The van der Waals surface area contributed by atoms with Crippen LogP contribution in [0.25, 0.3) is 0 Å². The van der Waals surface area contributed by atoms with E-state index in [1.165, 1.54) is 12.1 Å². The monoisotopic (exact) mass is 271 g/mol. The fourth-order valence-electron chi connectivity index (χ4n) is 1.83. The van der Waals surface area contributed by atoms with E-state index < -0.39 is 4.92 Å². The van der Waals surface area contributed by atoms with Crippen molar-refractivity contribution in [3.05, 3.63) is 63.7 Å². The first kappa shape index (κ1) is 13.5. The standard InChI is InChI=1S/C14H13N3O3/c1-9-12(6-3-7-13(9)17(19)20)16-14(18)10-4-2-5-11(15)8-10/h2-8H,15H2,1H3,(H,16,18). The van der Waals surface area contributed by atoms with Crippen LogP contribution in [0.1, 0.15) is 15.9 Å². The number of nitrogen functional groups attached to an aromatic ring is 1. The van der Waals surface area contributed by atoms with Gasteiger partial charge in [-0.15, -0.1) is 0 Å². The summed E-state index contributed by atoms with van der Waals surface area (Å²) in [6.45, 7) is 1.59. The van der Waals surface area contributed by atoms with E-state index in [-0.39, 0.29) is 11.6 Å². The number of benzene rings is 2. The number of anilines is 2. The third kappa shape index (κ3) is 2.74. The minimum atomic E-state index is -0.481. The number of nitrogens with one attached hydrogen (secondary N) is 1. The van der Waals surface area contributed by atoms with E-state index in [0.29, 0.717) is 22.5 Å². The third-order valence-corrected chi connectivity index (χ3v) is 2.90. The average Bonchev–Trinajstić information content (AvgIpc) is 2.40. The van der Waals surface area contributed by atoms with Crippen molar-refractivity contribution >= 4 is 23.0 Å². The third-order valence-electron chi connectivity index (χ3n) is 2.90. The van der Waals surface area contributed by atoms with Crippen molar-refractivity contribution in [1.29, 1.82) is 0 Å². The van der Waals surface area contributed by atoms with Crippen LogP contribution in [-0.2, 0) is 0 Å². The second-order valence-corrected chi connectivity index (χ2v) is 4.29. The number of hydrogen-bond donors (Lipinski definition) is 2. The summed E-state index contributed by atoms with van der Waals surface area (Å²) in [7, 11) is 0. The molecule has 0 saturated carbocycles. The Morgan fingerprint density at radius 1 is 1.25 bits per heavy atom. The highest BCUT2D eigenvalue weighted by Gasteiger charge is 2.15. The molecule has 6 heteroatoms. The molecule has 0 saturated heterocycles. The molecule has 2 aromatic carbocycles. The van der Waals surface area contributed by atoms with Gasteiger partial charge in [0.25, 0.3) is 11.6 Å². The molecule has 0 aliphatic carbocycles. The zero-order valence-corrected chi connectivity index (χ0v) is 10.8. The maximum atomic E-state index is 12.1. The van der Waals surface area contributed by atoms with Crippen LogP contribution in [0.4, 0.5) is 17.1 Å². The number of nitrogens with zero attached hydrogens (tertiary/aromatic N) is 1. The van der Waals surface area contributed by atoms with Gasteiger partial charge in [-0.05, 0) is 31.2 Å². The van der Waals surface area contributed by atoms with E-state index in [9.17, 15) is 14.9 Å². The maximum absolute atomic E-state index is 12.1.